The Morgan fingerprint density at radius 1 is 1.67 bits per heavy atom. The second-order valence-electron chi connectivity index (χ2n) is 2.40. The molecule has 1 N–H and O–H groups in total. The molecule has 6 heteroatoms. The van der Waals surface area contributed by atoms with Gasteiger partial charge in [0.15, 0.2) is 5.15 Å². The number of imidazole rings is 1. The summed E-state index contributed by atoms with van der Waals surface area (Å²) in [5, 5.41) is 6.82. The average molecular weight is 201 g/mol. The molecule has 2 rings (SSSR count). The summed E-state index contributed by atoms with van der Waals surface area (Å²) in [5.41, 5.74) is 1.45. The smallest absolute Gasteiger partial charge is 0.175 e. The highest BCUT2D eigenvalue weighted by Crippen LogP contribution is 2.18. The number of aromatic amines is 1. The quantitative estimate of drug-likeness (QED) is 0.659. The van der Waals surface area contributed by atoms with E-state index in [1.165, 1.54) is 0 Å². The monoisotopic (exact) mass is 200 g/mol. The molecule has 0 fully saturated rings. The molecule has 2 heterocycles. The van der Waals surface area contributed by atoms with E-state index in [9.17, 15) is 0 Å². The lowest BCUT2D eigenvalue weighted by Crippen LogP contribution is -1.90. The van der Waals surface area contributed by atoms with Crippen LogP contribution < -0.4 is 0 Å². The molecule has 0 atom stereocenters. The lowest BCUT2D eigenvalue weighted by molar-refractivity contribution is 0.937. The van der Waals surface area contributed by atoms with Gasteiger partial charge in [-0.25, -0.2) is 4.98 Å². The molecule has 0 aromatic carbocycles. The normalized spacial score (nSPS) is 10.8. The van der Waals surface area contributed by atoms with Crippen LogP contribution in [0.2, 0.25) is 5.15 Å². The van der Waals surface area contributed by atoms with Crippen LogP contribution in [0.3, 0.4) is 0 Å². The largest absolute Gasteiger partial charge is 0.331 e. The zero-order chi connectivity index (χ0) is 8.72. The van der Waals surface area contributed by atoms with Crippen molar-refractivity contribution < 1.29 is 0 Å². The minimum atomic E-state index is 0.388. The van der Waals surface area contributed by atoms with Crippen LogP contribution in [0.25, 0.3) is 11.0 Å². The summed E-state index contributed by atoms with van der Waals surface area (Å²) in [5.74, 6) is 0. The molecule has 0 saturated carbocycles. The van der Waals surface area contributed by atoms with E-state index < -0.39 is 0 Å². The van der Waals surface area contributed by atoms with Crippen LogP contribution in [0.15, 0.2) is 6.33 Å². The first kappa shape index (κ1) is 7.70. The topological polar surface area (TPSA) is 46.5 Å². The van der Waals surface area contributed by atoms with Crippen molar-refractivity contribution in [3.8, 4) is 0 Å². The van der Waals surface area contributed by atoms with E-state index in [1.54, 1.807) is 10.9 Å². The molecule has 0 bridgehead atoms. The molecule has 0 unspecified atom stereocenters. The summed E-state index contributed by atoms with van der Waals surface area (Å²) in [7, 11) is 1.84. The number of aromatic nitrogens is 4. The molecule has 0 aliphatic carbocycles. The second kappa shape index (κ2) is 2.53. The van der Waals surface area contributed by atoms with E-state index in [1.807, 2.05) is 7.05 Å². The van der Waals surface area contributed by atoms with Gasteiger partial charge in [0.1, 0.15) is 15.7 Å². The van der Waals surface area contributed by atoms with Gasteiger partial charge in [-0.15, -0.1) is 0 Å². The Labute approximate surface area is 78.2 Å². The summed E-state index contributed by atoms with van der Waals surface area (Å²) < 4.78 is 2.30. The molecular weight excluding hydrogens is 196 g/mol. The Morgan fingerprint density at radius 3 is 3.08 bits per heavy atom. The van der Waals surface area contributed by atoms with Gasteiger partial charge in [-0.05, 0) is 0 Å². The molecule has 0 radical (unpaired) electrons. The minimum absolute atomic E-state index is 0.388. The van der Waals surface area contributed by atoms with Crippen LogP contribution >= 0.6 is 23.8 Å². The number of rotatable bonds is 0. The molecule has 2 aromatic rings. The van der Waals surface area contributed by atoms with Gasteiger partial charge in [-0.1, -0.05) is 23.8 Å². The Morgan fingerprint density at radius 2 is 2.42 bits per heavy atom. The Hall–Kier alpha value is -0.940. The maximum Gasteiger partial charge on any atom is 0.175 e. The Bertz CT molecular complexity index is 486. The lowest BCUT2D eigenvalue weighted by atomic mass is 10.5. The molecule has 0 aliphatic heterocycles. The van der Waals surface area contributed by atoms with Crippen molar-refractivity contribution in [3.63, 3.8) is 0 Å². The first-order chi connectivity index (χ1) is 5.70. The standard InChI is InChI=1S/C6H5ClN4S/c1-11-2-8-3-4(11)5(7)9-10-6(3)12/h2H,1H3,(H,10,12). The van der Waals surface area contributed by atoms with Gasteiger partial charge in [0.2, 0.25) is 0 Å². The first-order valence-electron chi connectivity index (χ1n) is 3.25. The van der Waals surface area contributed by atoms with Gasteiger partial charge >= 0.3 is 0 Å². The fourth-order valence-electron chi connectivity index (χ4n) is 1.05. The van der Waals surface area contributed by atoms with E-state index in [0.717, 1.165) is 5.52 Å². The molecular formula is C6H5ClN4S. The van der Waals surface area contributed by atoms with Gasteiger partial charge in [0.05, 0.1) is 6.33 Å². The van der Waals surface area contributed by atoms with E-state index in [2.05, 4.69) is 15.2 Å². The van der Waals surface area contributed by atoms with E-state index >= 15 is 0 Å². The van der Waals surface area contributed by atoms with Crippen LogP contribution in [-0.2, 0) is 7.05 Å². The highest BCUT2D eigenvalue weighted by Gasteiger charge is 2.06. The predicted molar refractivity (Wildman–Crippen MR) is 48.7 cm³/mol. The second-order valence-corrected chi connectivity index (χ2v) is 3.16. The maximum absolute atomic E-state index is 5.83. The van der Waals surface area contributed by atoms with Crippen LogP contribution in [0, 0.1) is 4.64 Å². The van der Waals surface area contributed by atoms with Crippen molar-refractivity contribution in [1.82, 2.24) is 19.7 Å². The maximum atomic E-state index is 5.83. The molecule has 4 nitrogen and oxygen atoms in total. The van der Waals surface area contributed by atoms with E-state index in [4.69, 9.17) is 23.8 Å². The van der Waals surface area contributed by atoms with Gasteiger partial charge < -0.3 is 4.57 Å². The van der Waals surface area contributed by atoms with Crippen LogP contribution in [0.1, 0.15) is 0 Å². The average Bonchev–Trinajstić information content (AvgIpc) is 2.42. The number of hydrogen-bond donors (Lipinski definition) is 1. The van der Waals surface area contributed by atoms with Gasteiger partial charge in [0, 0.05) is 7.05 Å². The van der Waals surface area contributed by atoms with Gasteiger partial charge in [0.25, 0.3) is 0 Å². The molecule has 0 spiro atoms. The number of nitrogens with one attached hydrogen (secondary N) is 1. The Balaban J connectivity index is 3.09. The van der Waals surface area contributed by atoms with Gasteiger partial charge in [-0.2, -0.15) is 5.10 Å². The summed E-state index contributed by atoms with van der Waals surface area (Å²) in [6, 6.07) is 0. The third-order valence-electron chi connectivity index (χ3n) is 1.60. The van der Waals surface area contributed by atoms with Crippen LogP contribution in [0.5, 0.6) is 0 Å². The van der Waals surface area contributed by atoms with Crippen LogP contribution in [-0.4, -0.2) is 19.7 Å². The number of aryl methyl sites for hydroxylation is 1. The molecule has 12 heavy (non-hydrogen) atoms. The summed E-state index contributed by atoms with van der Waals surface area (Å²) in [4.78, 5) is 4.08. The van der Waals surface area contributed by atoms with E-state index in [0.29, 0.717) is 15.3 Å². The molecule has 0 amide bonds. The first-order valence-corrected chi connectivity index (χ1v) is 4.04. The van der Waals surface area contributed by atoms with Crippen molar-refractivity contribution in [2.24, 2.45) is 7.05 Å². The fraction of sp³-hybridized carbons (Fsp3) is 0.167. The van der Waals surface area contributed by atoms with E-state index in [-0.39, 0.29) is 0 Å². The minimum Gasteiger partial charge on any atom is -0.331 e. The predicted octanol–water partition coefficient (Wildman–Crippen LogP) is 1.68. The fourth-order valence-corrected chi connectivity index (χ4v) is 1.51. The molecule has 2 aromatic heterocycles. The van der Waals surface area contributed by atoms with Gasteiger partial charge in [-0.3, -0.25) is 5.10 Å². The number of halogens is 1. The van der Waals surface area contributed by atoms with Crippen molar-refractivity contribution in [2.45, 2.75) is 0 Å². The third kappa shape index (κ3) is 0.937. The van der Waals surface area contributed by atoms with Crippen LogP contribution in [0.4, 0.5) is 0 Å². The number of nitrogens with zero attached hydrogens (tertiary/aromatic N) is 3. The van der Waals surface area contributed by atoms with Crippen molar-refractivity contribution in [1.29, 1.82) is 0 Å². The van der Waals surface area contributed by atoms with Crippen molar-refractivity contribution in [3.05, 3.63) is 16.1 Å². The highest BCUT2D eigenvalue weighted by molar-refractivity contribution is 7.71. The lowest BCUT2D eigenvalue weighted by Gasteiger charge is -1.95. The SMILES string of the molecule is Cn1cnc2c(=S)[nH]nc(Cl)c21. The highest BCUT2D eigenvalue weighted by atomic mass is 35.5. The number of H-pyrrole nitrogens is 1. The molecule has 62 valence electrons. The number of fused-ring (bicyclic) bond motifs is 1. The Kier molecular flexibility index (Phi) is 1.62. The summed E-state index contributed by atoms with van der Waals surface area (Å²) >= 11 is 10.8. The van der Waals surface area contributed by atoms with Crippen molar-refractivity contribution in [2.75, 3.05) is 0 Å². The molecule has 0 aliphatic rings. The zero-order valence-electron chi connectivity index (χ0n) is 6.21. The van der Waals surface area contributed by atoms with Crippen molar-refractivity contribution >= 4 is 34.9 Å². The summed E-state index contributed by atoms with van der Waals surface area (Å²) in [6.07, 6.45) is 1.65. The summed E-state index contributed by atoms with van der Waals surface area (Å²) in [6.45, 7) is 0. The zero-order valence-corrected chi connectivity index (χ0v) is 7.78. The third-order valence-corrected chi connectivity index (χ3v) is 2.15. The number of hydrogen-bond acceptors (Lipinski definition) is 3. The molecule has 0 saturated heterocycles.